The van der Waals surface area contributed by atoms with E-state index in [1.165, 1.54) is 16.4 Å². The normalized spacial score (nSPS) is 10.8. The molecule has 0 saturated heterocycles. The van der Waals surface area contributed by atoms with Gasteiger partial charge in [0.2, 0.25) is 5.16 Å². The van der Waals surface area contributed by atoms with Gasteiger partial charge in [0.15, 0.2) is 17.3 Å². The maximum atomic E-state index is 6.23. The highest BCUT2D eigenvalue weighted by Gasteiger charge is 2.16. The van der Waals surface area contributed by atoms with Crippen LogP contribution in [0.2, 0.25) is 0 Å². The van der Waals surface area contributed by atoms with E-state index in [1.54, 1.807) is 32.7 Å². The lowest BCUT2D eigenvalue weighted by molar-refractivity contribution is 0.356. The summed E-state index contributed by atoms with van der Waals surface area (Å²) in [4.78, 5) is 4.74. The molecule has 4 aromatic rings. The van der Waals surface area contributed by atoms with E-state index in [0.29, 0.717) is 28.2 Å². The molecule has 0 unspecified atom stereocenters. The summed E-state index contributed by atoms with van der Waals surface area (Å²) in [5.41, 5.74) is 2.68. The van der Waals surface area contributed by atoms with Gasteiger partial charge in [0.05, 0.1) is 32.6 Å². The number of benzene rings is 2. The summed E-state index contributed by atoms with van der Waals surface area (Å²) in [6.45, 7) is 0. The van der Waals surface area contributed by atoms with E-state index in [-0.39, 0.29) is 0 Å². The fourth-order valence-electron chi connectivity index (χ4n) is 3.00. The van der Waals surface area contributed by atoms with Gasteiger partial charge in [0.25, 0.3) is 0 Å². The number of thiazole rings is 1. The van der Waals surface area contributed by atoms with Crippen LogP contribution in [0.3, 0.4) is 0 Å². The Morgan fingerprint density at radius 2 is 1.81 bits per heavy atom. The molecular formula is C21H21N5O3S2. The number of nitrogens with zero attached hydrogens (tertiary/aromatic N) is 4. The zero-order valence-electron chi connectivity index (χ0n) is 17.2. The minimum Gasteiger partial charge on any atom is -0.497 e. The number of nitrogens with two attached hydrogens (primary N) is 1. The Morgan fingerprint density at radius 1 is 1.00 bits per heavy atom. The number of methoxy groups -OCH3 is 3. The van der Waals surface area contributed by atoms with Gasteiger partial charge >= 0.3 is 0 Å². The summed E-state index contributed by atoms with van der Waals surface area (Å²) in [5, 5.41) is 11.9. The van der Waals surface area contributed by atoms with E-state index in [1.807, 2.05) is 47.8 Å². The Kier molecular flexibility index (Phi) is 6.28. The number of nitrogen functional groups attached to an aromatic ring is 1. The second-order valence-electron chi connectivity index (χ2n) is 6.38. The molecule has 0 aliphatic heterocycles. The minimum absolute atomic E-state index is 0.588. The quantitative estimate of drug-likeness (QED) is 0.313. The molecule has 4 rings (SSSR count). The molecule has 0 fully saturated rings. The number of para-hydroxylation sites is 1. The topological polar surface area (TPSA) is 97.3 Å². The number of hydrogen-bond donors (Lipinski definition) is 1. The second kappa shape index (κ2) is 9.27. The number of aromatic nitrogens is 4. The zero-order chi connectivity index (χ0) is 21.8. The highest BCUT2D eigenvalue weighted by atomic mass is 32.2. The largest absolute Gasteiger partial charge is 0.497 e. The van der Waals surface area contributed by atoms with Crippen LogP contribution < -0.4 is 20.1 Å². The third-order valence-electron chi connectivity index (χ3n) is 4.55. The van der Waals surface area contributed by atoms with Gasteiger partial charge < -0.3 is 20.1 Å². The van der Waals surface area contributed by atoms with Gasteiger partial charge in [-0.1, -0.05) is 17.8 Å². The van der Waals surface area contributed by atoms with Crippen molar-refractivity contribution in [3.05, 3.63) is 53.5 Å². The molecule has 0 aliphatic rings. The van der Waals surface area contributed by atoms with Crippen molar-refractivity contribution in [2.24, 2.45) is 0 Å². The van der Waals surface area contributed by atoms with Gasteiger partial charge in [-0.05, 0) is 36.4 Å². The molecule has 0 amide bonds. The molecule has 0 atom stereocenters. The molecule has 8 nitrogen and oxygen atoms in total. The smallest absolute Gasteiger partial charge is 0.210 e. The van der Waals surface area contributed by atoms with Gasteiger partial charge in [-0.15, -0.1) is 21.5 Å². The van der Waals surface area contributed by atoms with Crippen molar-refractivity contribution in [1.29, 1.82) is 0 Å². The molecule has 31 heavy (non-hydrogen) atoms. The molecule has 2 heterocycles. The van der Waals surface area contributed by atoms with Crippen LogP contribution in [-0.4, -0.2) is 41.2 Å². The molecule has 0 bridgehead atoms. The summed E-state index contributed by atoms with van der Waals surface area (Å²) in [5.74, 6) is 9.54. The van der Waals surface area contributed by atoms with Crippen LogP contribution in [0.5, 0.6) is 17.2 Å². The Labute approximate surface area is 188 Å². The van der Waals surface area contributed by atoms with Crippen molar-refractivity contribution in [2.75, 3.05) is 27.2 Å². The van der Waals surface area contributed by atoms with Crippen molar-refractivity contribution < 1.29 is 14.2 Å². The molecule has 0 spiro atoms. The molecule has 10 heteroatoms. The first-order valence-electron chi connectivity index (χ1n) is 9.28. The molecule has 0 radical (unpaired) electrons. The van der Waals surface area contributed by atoms with Gasteiger partial charge in [-0.25, -0.2) is 9.66 Å². The molecule has 160 valence electrons. The first kappa shape index (κ1) is 21.0. The van der Waals surface area contributed by atoms with Gasteiger partial charge in [-0.2, -0.15) is 0 Å². The lowest BCUT2D eigenvalue weighted by Gasteiger charge is -2.10. The highest BCUT2D eigenvalue weighted by Crippen LogP contribution is 2.39. The summed E-state index contributed by atoms with van der Waals surface area (Å²) in [7, 11) is 4.87. The minimum atomic E-state index is 0.588. The van der Waals surface area contributed by atoms with E-state index in [2.05, 4.69) is 10.2 Å². The SMILES string of the molecule is COc1ccc(-c2nnc(SCc3csc(-c4cccc(OC)c4OC)n3)n2N)cc1. The van der Waals surface area contributed by atoms with Crippen molar-refractivity contribution in [2.45, 2.75) is 10.9 Å². The maximum Gasteiger partial charge on any atom is 0.210 e. The number of hydrogen-bond acceptors (Lipinski definition) is 9. The van der Waals surface area contributed by atoms with Crippen LogP contribution in [0.15, 0.2) is 53.0 Å². The lowest BCUT2D eigenvalue weighted by Crippen LogP contribution is -2.11. The predicted molar refractivity (Wildman–Crippen MR) is 122 cm³/mol. The van der Waals surface area contributed by atoms with Gasteiger partial charge in [-0.3, -0.25) is 0 Å². The predicted octanol–water partition coefficient (Wildman–Crippen LogP) is 4.10. The van der Waals surface area contributed by atoms with E-state index in [0.717, 1.165) is 27.6 Å². The standard InChI is InChI=1S/C21H21N5O3S2/c1-27-15-9-7-13(8-10-15)19-24-25-21(26(19)22)31-12-14-11-30-20(23-14)16-5-4-6-17(28-2)18(16)29-3/h4-11H,12,22H2,1-3H3. The number of thioether (sulfide) groups is 1. The summed E-state index contributed by atoms with van der Waals surface area (Å²) >= 11 is 3.03. The Hall–Kier alpha value is -3.24. The Morgan fingerprint density at radius 3 is 2.52 bits per heavy atom. The summed E-state index contributed by atoms with van der Waals surface area (Å²) in [6, 6.07) is 13.3. The van der Waals surface area contributed by atoms with Crippen molar-refractivity contribution in [1.82, 2.24) is 19.9 Å². The van der Waals surface area contributed by atoms with Crippen molar-refractivity contribution >= 4 is 23.1 Å². The van der Waals surface area contributed by atoms with Crippen LogP contribution in [0.1, 0.15) is 5.69 Å². The van der Waals surface area contributed by atoms with Crippen LogP contribution in [0, 0.1) is 0 Å². The number of ether oxygens (including phenoxy) is 3. The number of rotatable bonds is 8. The van der Waals surface area contributed by atoms with Crippen LogP contribution in [0.4, 0.5) is 0 Å². The lowest BCUT2D eigenvalue weighted by atomic mass is 10.2. The highest BCUT2D eigenvalue weighted by molar-refractivity contribution is 7.98. The van der Waals surface area contributed by atoms with Crippen LogP contribution in [0.25, 0.3) is 22.0 Å². The van der Waals surface area contributed by atoms with E-state index >= 15 is 0 Å². The summed E-state index contributed by atoms with van der Waals surface area (Å²) in [6.07, 6.45) is 0. The molecule has 0 aliphatic carbocycles. The monoisotopic (exact) mass is 455 g/mol. The Bertz CT molecular complexity index is 1170. The molecule has 0 saturated carbocycles. The molecule has 2 aromatic heterocycles. The first-order chi connectivity index (χ1) is 15.1. The van der Waals surface area contributed by atoms with Gasteiger partial charge in [0, 0.05) is 16.7 Å². The fourth-order valence-corrected chi connectivity index (χ4v) is 4.70. The summed E-state index contributed by atoms with van der Waals surface area (Å²) < 4.78 is 17.6. The molecule has 2 aromatic carbocycles. The average Bonchev–Trinajstić information content (AvgIpc) is 3.43. The third kappa shape index (κ3) is 4.30. The van der Waals surface area contributed by atoms with E-state index in [9.17, 15) is 0 Å². The fraction of sp³-hybridized carbons (Fsp3) is 0.190. The third-order valence-corrected chi connectivity index (χ3v) is 6.45. The molecule has 2 N–H and O–H groups in total. The second-order valence-corrected chi connectivity index (χ2v) is 8.18. The first-order valence-corrected chi connectivity index (χ1v) is 11.1. The average molecular weight is 456 g/mol. The van der Waals surface area contributed by atoms with Crippen molar-refractivity contribution in [3.63, 3.8) is 0 Å². The Balaban J connectivity index is 1.49. The zero-order valence-corrected chi connectivity index (χ0v) is 18.9. The maximum absolute atomic E-state index is 6.23. The van der Waals surface area contributed by atoms with E-state index < -0.39 is 0 Å². The van der Waals surface area contributed by atoms with Crippen LogP contribution >= 0.6 is 23.1 Å². The van der Waals surface area contributed by atoms with Crippen molar-refractivity contribution in [3.8, 4) is 39.2 Å². The van der Waals surface area contributed by atoms with Gasteiger partial charge in [0.1, 0.15) is 10.8 Å². The van der Waals surface area contributed by atoms with E-state index in [4.69, 9.17) is 25.0 Å². The van der Waals surface area contributed by atoms with Crippen LogP contribution in [-0.2, 0) is 5.75 Å². The molecular weight excluding hydrogens is 434 g/mol.